The van der Waals surface area contributed by atoms with Crippen LogP contribution in [0, 0.1) is 0 Å². The number of phosphoric ester groups is 1. The van der Waals surface area contributed by atoms with Crippen molar-refractivity contribution in [2.45, 2.75) is 37.3 Å². The Morgan fingerprint density at radius 1 is 1.08 bits per heavy atom. The van der Waals surface area contributed by atoms with E-state index in [-0.39, 0.29) is 16.8 Å². The zero-order valence-corrected chi connectivity index (χ0v) is 20.1. The van der Waals surface area contributed by atoms with Gasteiger partial charge in [0, 0.05) is 18.5 Å². The normalized spacial score (nSPS) is 22.1. The Kier molecular flexibility index (Phi) is 7.72. The van der Waals surface area contributed by atoms with Crippen LogP contribution in [0.2, 0.25) is 0 Å². The number of benzene rings is 1. The van der Waals surface area contributed by atoms with E-state index in [1.54, 1.807) is 18.2 Å². The highest BCUT2D eigenvalue weighted by Crippen LogP contribution is 2.38. The molecule has 0 amide bonds. The number of aliphatic hydroxyl groups excluding tert-OH is 2. The van der Waals surface area contributed by atoms with Crippen molar-refractivity contribution >= 4 is 7.82 Å². The summed E-state index contributed by atoms with van der Waals surface area (Å²) in [7, 11) is -4.92. The minimum absolute atomic E-state index is 0.0466. The van der Waals surface area contributed by atoms with Crippen LogP contribution in [-0.4, -0.2) is 59.0 Å². The van der Waals surface area contributed by atoms with Gasteiger partial charge in [-0.15, -0.1) is 0 Å². The highest BCUT2D eigenvalue weighted by molar-refractivity contribution is 7.46. The van der Waals surface area contributed by atoms with Crippen molar-refractivity contribution in [3.63, 3.8) is 0 Å². The average Bonchev–Trinajstić information content (AvgIpc) is 3.13. The van der Waals surface area contributed by atoms with Gasteiger partial charge in [-0.3, -0.25) is 23.4 Å². The van der Waals surface area contributed by atoms with Crippen LogP contribution in [0.4, 0.5) is 13.2 Å². The van der Waals surface area contributed by atoms with E-state index >= 15 is 0 Å². The molecular weight excluding hydrogens is 538 g/mol. The molecule has 0 saturated carbocycles. The van der Waals surface area contributed by atoms with Crippen molar-refractivity contribution in [1.29, 1.82) is 0 Å². The Hall–Kier alpha value is -3.17. The summed E-state index contributed by atoms with van der Waals surface area (Å²) in [5.74, 6) is 0. The highest BCUT2D eigenvalue weighted by atomic mass is 31.2. The summed E-state index contributed by atoms with van der Waals surface area (Å²) in [6.45, 7) is -1.35. The molecule has 1 fully saturated rings. The van der Waals surface area contributed by atoms with Crippen LogP contribution in [0.3, 0.4) is 0 Å². The fraction of sp³-hybridized carbons (Fsp3) is 0.318. The number of aliphatic hydroxyl groups is 2. The molecule has 4 N–H and O–H groups in total. The maximum Gasteiger partial charge on any atom is 0.469 e. The van der Waals surface area contributed by atoms with Crippen molar-refractivity contribution in [3.8, 4) is 11.1 Å². The van der Waals surface area contributed by atoms with Crippen LogP contribution in [-0.2, 0) is 26.5 Å². The predicted octanol–water partition coefficient (Wildman–Crippen LogP) is 0.868. The number of ether oxygens (including phenoxy) is 1. The molecule has 204 valence electrons. The number of hydrogen-bond donors (Lipinski definition) is 4. The Morgan fingerprint density at radius 3 is 2.39 bits per heavy atom. The van der Waals surface area contributed by atoms with Gasteiger partial charge in [-0.25, -0.2) is 9.36 Å². The van der Waals surface area contributed by atoms with Crippen LogP contribution < -0.4 is 11.2 Å². The standard InChI is InChI=1S/C22H21F3N3O9P/c23-22(24,25)15-9-26-13(8-14(15)12-4-2-1-3-5-12)10-28-17(29)6-7-27(21(28)32)20-19(31)18(30)16(37-20)11-36-38(33,34)35/h1-9,16,18-20,30-31H,10-11H2,(H2,33,34,35)/t16-,18+,19?,20-/m1/s1. The fourth-order valence-electron chi connectivity index (χ4n) is 3.97. The van der Waals surface area contributed by atoms with Gasteiger partial charge in [0.15, 0.2) is 6.23 Å². The fourth-order valence-corrected chi connectivity index (χ4v) is 4.31. The quantitative estimate of drug-likeness (QED) is 0.304. The SMILES string of the molecule is O=c1ccn([C@@H]2O[C@H](COP(=O)(O)O)[C@H](O)C2O)c(=O)n1Cc1cc(-c2ccccc2)c(C(F)(F)F)cn1. The van der Waals surface area contributed by atoms with Gasteiger partial charge in [-0.2, -0.15) is 13.2 Å². The molecule has 0 aliphatic carbocycles. The molecule has 1 aliphatic rings. The molecule has 38 heavy (non-hydrogen) atoms. The number of aromatic nitrogens is 3. The van der Waals surface area contributed by atoms with Gasteiger partial charge in [0.05, 0.1) is 24.4 Å². The molecule has 1 unspecified atom stereocenters. The number of hydrogen-bond acceptors (Lipinski definition) is 8. The summed E-state index contributed by atoms with van der Waals surface area (Å²) in [6, 6.07) is 9.71. The lowest BCUT2D eigenvalue weighted by Crippen LogP contribution is -2.43. The number of nitrogens with zero attached hydrogens (tertiary/aromatic N) is 3. The second kappa shape index (κ2) is 10.5. The first-order chi connectivity index (χ1) is 17.8. The molecule has 1 aromatic carbocycles. The maximum atomic E-state index is 13.6. The first-order valence-electron chi connectivity index (χ1n) is 10.9. The number of rotatable bonds is 7. The lowest BCUT2D eigenvalue weighted by Gasteiger charge is -2.19. The Labute approximate surface area is 211 Å². The molecule has 16 heteroatoms. The van der Waals surface area contributed by atoms with Crippen molar-refractivity contribution in [2.75, 3.05) is 6.61 Å². The molecule has 4 rings (SSSR count). The zero-order chi connectivity index (χ0) is 27.8. The van der Waals surface area contributed by atoms with Crippen molar-refractivity contribution in [3.05, 3.63) is 87.0 Å². The maximum absolute atomic E-state index is 13.6. The van der Waals surface area contributed by atoms with Crippen molar-refractivity contribution < 1.29 is 47.0 Å². The van der Waals surface area contributed by atoms with Crippen molar-refractivity contribution in [1.82, 2.24) is 14.1 Å². The first-order valence-corrected chi connectivity index (χ1v) is 12.4. The second-order valence-electron chi connectivity index (χ2n) is 8.35. The third-order valence-corrected chi connectivity index (χ3v) is 6.27. The number of pyridine rings is 1. The molecule has 4 atom stereocenters. The van der Waals surface area contributed by atoms with E-state index in [4.69, 9.17) is 14.5 Å². The molecule has 12 nitrogen and oxygen atoms in total. The van der Waals surface area contributed by atoms with Crippen LogP contribution >= 0.6 is 7.82 Å². The Morgan fingerprint density at radius 2 is 1.76 bits per heavy atom. The van der Waals surface area contributed by atoms with Gasteiger partial charge >= 0.3 is 19.7 Å². The number of halogens is 3. The summed E-state index contributed by atoms with van der Waals surface area (Å²) in [6.07, 6.45) is -9.60. The zero-order valence-electron chi connectivity index (χ0n) is 19.2. The predicted molar refractivity (Wildman–Crippen MR) is 123 cm³/mol. The summed E-state index contributed by atoms with van der Waals surface area (Å²) >= 11 is 0. The van der Waals surface area contributed by atoms with Crippen LogP contribution in [0.15, 0.2) is 64.4 Å². The highest BCUT2D eigenvalue weighted by Gasteiger charge is 2.45. The van der Waals surface area contributed by atoms with Crippen LogP contribution in [0.5, 0.6) is 0 Å². The average molecular weight is 559 g/mol. The molecule has 1 aliphatic heterocycles. The Bertz CT molecular complexity index is 1470. The second-order valence-corrected chi connectivity index (χ2v) is 9.59. The topological polar surface area (TPSA) is 173 Å². The molecule has 1 saturated heterocycles. The van der Waals surface area contributed by atoms with Crippen LogP contribution in [0.25, 0.3) is 11.1 Å². The lowest BCUT2D eigenvalue weighted by atomic mass is 10.0. The number of alkyl halides is 3. The Balaban J connectivity index is 1.68. The number of phosphoric acid groups is 1. The van der Waals surface area contributed by atoms with E-state index < -0.39 is 68.5 Å². The van der Waals surface area contributed by atoms with Gasteiger partial charge in [0.2, 0.25) is 0 Å². The van der Waals surface area contributed by atoms with Crippen LogP contribution in [0.1, 0.15) is 17.5 Å². The third-order valence-electron chi connectivity index (χ3n) is 5.78. The minimum Gasteiger partial charge on any atom is -0.387 e. The first kappa shape index (κ1) is 27.9. The lowest BCUT2D eigenvalue weighted by molar-refractivity contribution is -0.137. The molecule has 0 bridgehead atoms. The van der Waals surface area contributed by atoms with E-state index in [2.05, 4.69) is 9.51 Å². The van der Waals surface area contributed by atoms with E-state index in [9.17, 15) is 37.5 Å². The summed E-state index contributed by atoms with van der Waals surface area (Å²) in [5.41, 5.74) is -2.91. The summed E-state index contributed by atoms with van der Waals surface area (Å²) in [5, 5.41) is 20.5. The van der Waals surface area contributed by atoms with E-state index in [1.807, 2.05) is 0 Å². The third kappa shape index (κ3) is 5.94. The van der Waals surface area contributed by atoms with Gasteiger partial charge in [0.1, 0.15) is 18.3 Å². The van der Waals surface area contributed by atoms with E-state index in [1.165, 1.54) is 12.1 Å². The smallest absolute Gasteiger partial charge is 0.387 e. The molecule has 0 spiro atoms. The van der Waals surface area contributed by atoms with Gasteiger partial charge in [-0.1, -0.05) is 30.3 Å². The van der Waals surface area contributed by atoms with Gasteiger partial charge in [-0.05, 0) is 17.2 Å². The summed E-state index contributed by atoms with van der Waals surface area (Å²) in [4.78, 5) is 47.1. The minimum atomic E-state index is -4.92. The largest absolute Gasteiger partial charge is 0.469 e. The molecule has 3 aromatic rings. The molecular formula is C22H21F3N3O9P. The van der Waals surface area contributed by atoms with E-state index in [0.29, 0.717) is 10.8 Å². The molecule has 0 radical (unpaired) electrons. The van der Waals surface area contributed by atoms with Gasteiger partial charge < -0.3 is 24.7 Å². The monoisotopic (exact) mass is 559 g/mol. The van der Waals surface area contributed by atoms with E-state index in [0.717, 1.165) is 22.9 Å². The summed E-state index contributed by atoms with van der Waals surface area (Å²) < 4.78 is 62.8. The van der Waals surface area contributed by atoms with Gasteiger partial charge in [0.25, 0.3) is 5.56 Å². The van der Waals surface area contributed by atoms with Crippen molar-refractivity contribution in [2.24, 2.45) is 0 Å². The molecule has 3 heterocycles. The molecule has 2 aromatic heterocycles.